The summed E-state index contributed by atoms with van der Waals surface area (Å²) in [5.41, 5.74) is 0.554. The van der Waals surface area contributed by atoms with Gasteiger partial charge in [0.1, 0.15) is 5.69 Å². The number of aryl methyl sites for hydroxylation is 1. The van der Waals surface area contributed by atoms with Crippen LogP contribution in [0.15, 0.2) is 4.60 Å². The Morgan fingerprint density at radius 2 is 2.12 bits per heavy atom. The minimum atomic E-state index is 0.0300. The van der Waals surface area contributed by atoms with Crippen molar-refractivity contribution in [2.75, 3.05) is 6.54 Å². The fourth-order valence-electron chi connectivity index (χ4n) is 1.30. The summed E-state index contributed by atoms with van der Waals surface area (Å²) in [6.07, 6.45) is 0.442. The Labute approximate surface area is 104 Å². The number of rotatable bonds is 4. The van der Waals surface area contributed by atoms with Crippen molar-refractivity contribution in [3.63, 3.8) is 0 Å². The highest BCUT2D eigenvalue weighted by Crippen LogP contribution is 2.13. The SMILES string of the molecule is Cn1nnc(Br)c1C(=O)CCNC(C)(C)C. The standard InChI is InChI=1S/C10H17BrN4O/c1-10(2,3)12-6-5-7(16)8-9(11)13-14-15(8)4/h12H,5-6H2,1-4H3. The van der Waals surface area contributed by atoms with Crippen LogP contribution in [0.4, 0.5) is 0 Å². The molecule has 1 heterocycles. The third kappa shape index (κ3) is 3.68. The average Bonchev–Trinajstić information content (AvgIpc) is 2.43. The molecule has 0 bridgehead atoms. The molecule has 0 saturated carbocycles. The highest BCUT2D eigenvalue weighted by Gasteiger charge is 2.17. The smallest absolute Gasteiger partial charge is 0.184 e. The molecule has 1 N–H and O–H groups in total. The zero-order chi connectivity index (χ0) is 12.3. The first kappa shape index (κ1) is 13.3. The minimum Gasteiger partial charge on any atom is -0.312 e. The number of halogens is 1. The van der Waals surface area contributed by atoms with E-state index in [-0.39, 0.29) is 11.3 Å². The van der Waals surface area contributed by atoms with Gasteiger partial charge in [0.05, 0.1) is 0 Å². The molecule has 5 nitrogen and oxygen atoms in total. The number of carbonyl (C=O) groups excluding carboxylic acids is 1. The zero-order valence-corrected chi connectivity index (χ0v) is 11.6. The van der Waals surface area contributed by atoms with Crippen molar-refractivity contribution in [1.29, 1.82) is 0 Å². The van der Waals surface area contributed by atoms with Gasteiger partial charge in [-0.25, -0.2) is 4.68 Å². The van der Waals surface area contributed by atoms with Gasteiger partial charge in [-0.1, -0.05) is 5.21 Å². The summed E-state index contributed by atoms with van der Waals surface area (Å²) in [4.78, 5) is 11.9. The summed E-state index contributed by atoms with van der Waals surface area (Å²) in [5, 5.41) is 10.8. The summed E-state index contributed by atoms with van der Waals surface area (Å²) in [7, 11) is 1.71. The second-order valence-electron chi connectivity index (χ2n) is 4.70. The lowest BCUT2D eigenvalue weighted by molar-refractivity contribution is 0.0970. The number of hydrogen-bond donors (Lipinski definition) is 1. The van der Waals surface area contributed by atoms with Crippen LogP contribution in [-0.2, 0) is 7.05 Å². The van der Waals surface area contributed by atoms with Gasteiger partial charge in [0.15, 0.2) is 10.4 Å². The van der Waals surface area contributed by atoms with Gasteiger partial charge >= 0.3 is 0 Å². The summed E-state index contributed by atoms with van der Waals surface area (Å²) < 4.78 is 2.00. The highest BCUT2D eigenvalue weighted by atomic mass is 79.9. The average molecular weight is 289 g/mol. The molecule has 0 aliphatic heterocycles. The normalized spacial score (nSPS) is 11.8. The van der Waals surface area contributed by atoms with Crippen LogP contribution < -0.4 is 5.32 Å². The van der Waals surface area contributed by atoms with Crippen molar-refractivity contribution in [1.82, 2.24) is 20.3 Å². The molecular formula is C10H17BrN4O. The van der Waals surface area contributed by atoms with Crippen LogP contribution in [0, 0.1) is 0 Å². The van der Waals surface area contributed by atoms with E-state index < -0.39 is 0 Å². The molecule has 1 aromatic rings. The van der Waals surface area contributed by atoms with Crippen LogP contribution in [-0.4, -0.2) is 32.9 Å². The van der Waals surface area contributed by atoms with Gasteiger partial charge < -0.3 is 5.32 Å². The second kappa shape index (κ2) is 5.05. The Hall–Kier alpha value is -0.750. The molecule has 0 amide bonds. The zero-order valence-electron chi connectivity index (χ0n) is 10.0. The molecule has 0 radical (unpaired) electrons. The Morgan fingerprint density at radius 1 is 1.50 bits per heavy atom. The summed E-state index contributed by atoms with van der Waals surface area (Å²) in [5.74, 6) is 0.0381. The van der Waals surface area contributed by atoms with Crippen molar-refractivity contribution in [2.24, 2.45) is 7.05 Å². The molecule has 0 aliphatic carbocycles. The first-order chi connectivity index (χ1) is 7.31. The van der Waals surface area contributed by atoms with E-state index in [1.54, 1.807) is 7.05 Å². The molecule has 16 heavy (non-hydrogen) atoms. The third-order valence-corrected chi connectivity index (χ3v) is 2.59. The van der Waals surface area contributed by atoms with Crippen LogP contribution in [0.5, 0.6) is 0 Å². The predicted molar refractivity (Wildman–Crippen MR) is 65.4 cm³/mol. The molecule has 0 aromatic carbocycles. The molecule has 0 spiro atoms. The fraction of sp³-hybridized carbons (Fsp3) is 0.700. The minimum absolute atomic E-state index is 0.0300. The summed E-state index contributed by atoms with van der Waals surface area (Å²) in [6.45, 7) is 6.86. The van der Waals surface area contributed by atoms with Crippen LogP contribution >= 0.6 is 15.9 Å². The van der Waals surface area contributed by atoms with E-state index in [0.717, 1.165) is 0 Å². The Kier molecular flexibility index (Phi) is 4.21. The molecule has 90 valence electrons. The highest BCUT2D eigenvalue weighted by molar-refractivity contribution is 9.10. The molecule has 0 saturated heterocycles. The summed E-state index contributed by atoms with van der Waals surface area (Å²) >= 11 is 3.21. The number of Topliss-reactive ketones (excluding diaryl/α,β-unsaturated/α-hetero) is 1. The maximum Gasteiger partial charge on any atom is 0.184 e. The Bertz CT molecular complexity index is 361. The molecule has 1 aromatic heterocycles. The molecule has 0 fully saturated rings. The van der Waals surface area contributed by atoms with E-state index in [1.165, 1.54) is 4.68 Å². The number of nitrogens with zero attached hydrogens (tertiary/aromatic N) is 3. The molecule has 0 unspecified atom stereocenters. The van der Waals surface area contributed by atoms with Gasteiger partial charge in [0, 0.05) is 25.6 Å². The first-order valence-corrected chi connectivity index (χ1v) is 5.94. The molecule has 1 rings (SSSR count). The maximum absolute atomic E-state index is 11.9. The van der Waals surface area contributed by atoms with E-state index in [1.807, 2.05) is 0 Å². The number of nitrogens with one attached hydrogen (secondary N) is 1. The van der Waals surface area contributed by atoms with Crippen LogP contribution in [0.2, 0.25) is 0 Å². The number of hydrogen-bond acceptors (Lipinski definition) is 4. The quantitative estimate of drug-likeness (QED) is 0.854. The van der Waals surface area contributed by atoms with Crippen molar-refractivity contribution in [3.05, 3.63) is 10.3 Å². The van der Waals surface area contributed by atoms with E-state index in [4.69, 9.17) is 0 Å². The van der Waals surface area contributed by atoms with Crippen molar-refractivity contribution in [3.8, 4) is 0 Å². The van der Waals surface area contributed by atoms with E-state index >= 15 is 0 Å². The van der Waals surface area contributed by atoms with Crippen molar-refractivity contribution >= 4 is 21.7 Å². The lowest BCUT2D eigenvalue weighted by Gasteiger charge is -2.19. The molecule has 0 atom stereocenters. The number of aromatic nitrogens is 3. The largest absolute Gasteiger partial charge is 0.312 e. The predicted octanol–water partition coefficient (Wildman–Crippen LogP) is 1.54. The fourth-order valence-corrected chi connectivity index (χ4v) is 1.85. The van der Waals surface area contributed by atoms with Crippen LogP contribution in [0.3, 0.4) is 0 Å². The van der Waals surface area contributed by atoms with Crippen LogP contribution in [0.1, 0.15) is 37.7 Å². The monoisotopic (exact) mass is 288 g/mol. The second-order valence-corrected chi connectivity index (χ2v) is 5.45. The topological polar surface area (TPSA) is 59.8 Å². The van der Waals surface area contributed by atoms with Crippen molar-refractivity contribution < 1.29 is 4.79 Å². The van der Waals surface area contributed by atoms with Crippen molar-refractivity contribution in [2.45, 2.75) is 32.7 Å². The maximum atomic E-state index is 11.9. The van der Waals surface area contributed by atoms with Gasteiger partial charge in [-0.3, -0.25) is 4.79 Å². The number of carbonyl (C=O) groups is 1. The van der Waals surface area contributed by atoms with E-state index in [9.17, 15) is 4.79 Å². The Balaban J connectivity index is 2.54. The van der Waals surface area contributed by atoms with Crippen LogP contribution in [0.25, 0.3) is 0 Å². The molecular weight excluding hydrogens is 272 g/mol. The first-order valence-electron chi connectivity index (χ1n) is 5.14. The van der Waals surface area contributed by atoms with E-state index in [0.29, 0.717) is 23.3 Å². The molecule has 6 heteroatoms. The third-order valence-electron chi connectivity index (χ3n) is 2.06. The lowest BCUT2D eigenvalue weighted by Crippen LogP contribution is -2.37. The van der Waals surface area contributed by atoms with Gasteiger partial charge in [-0.2, -0.15) is 0 Å². The Morgan fingerprint density at radius 3 is 2.56 bits per heavy atom. The molecule has 0 aliphatic rings. The summed E-state index contributed by atoms with van der Waals surface area (Å²) in [6, 6.07) is 0. The van der Waals surface area contributed by atoms with Gasteiger partial charge in [-0.15, -0.1) is 5.10 Å². The van der Waals surface area contributed by atoms with Gasteiger partial charge in [-0.05, 0) is 36.7 Å². The van der Waals surface area contributed by atoms with Gasteiger partial charge in [0.2, 0.25) is 0 Å². The van der Waals surface area contributed by atoms with Gasteiger partial charge in [0.25, 0.3) is 0 Å². The van der Waals surface area contributed by atoms with E-state index in [2.05, 4.69) is 52.3 Å². The lowest BCUT2D eigenvalue weighted by atomic mass is 10.1. The number of ketones is 1.